The SMILES string of the molecule is O=C(c1ccccc1)c1ccccc1C(=O)C1(O)CCCCC1. The van der Waals surface area contributed by atoms with Crippen molar-refractivity contribution in [3.05, 3.63) is 71.3 Å². The molecule has 1 aliphatic rings. The maximum Gasteiger partial charge on any atom is 0.195 e. The fourth-order valence-corrected chi connectivity index (χ4v) is 3.24. The van der Waals surface area contributed by atoms with E-state index in [1.54, 1.807) is 48.5 Å². The van der Waals surface area contributed by atoms with E-state index in [-0.39, 0.29) is 11.6 Å². The third kappa shape index (κ3) is 3.10. The van der Waals surface area contributed by atoms with Crippen molar-refractivity contribution in [3.63, 3.8) is 0 Å². The summed E-state index contributed by atoms with van der Waals surface area (Å²) in [4.78, 5) is 25.6. The molecule has 0 bridgehead atoms. The van der Waals surface area contributed by atoms with E-state index in [1.807, 2.05) is 6.07 Å². The summed E-state index contributed by atoms with van der Waals surface area (Å²) < 4.78 is 0. The molecule has 1 aliphatic carbocycles. The number of benzene rings is 2. The molecule has 0 spiro atoms. The van der Waals surface area contributed by atoms with E-state index in [0.29, 0.717) is 29.5 Å². The molecule has 1 fully saturated rings. The molecule has 0 atom stereocenters. The Bertz CT molecular complexity index is 713. The lowest BCUT2D eigenvalue weighted by Crippen LogP contribution is -2.41. The standard InChI is InChI=1S/C20H20O3/c21-18(15-9-3-1-4-10-15)16-11-5-6-12-17(16)19(22)20(23)13-7-2-8-14-20/h1,3-6,9-12,23H,2,7-8,13-14H2. The highest BCUT2D eigenvalue weighted by Crippen LogP contribution is 2.32. The molecule has 0 aliphatic heterocycles. The van der Waals surface area contributed by atoms with Gasteiger partial charge in [0.05, 0.1) is 0 Å². The first-order chi connectivity index (χ1) is 11.1. The summed E-state index contributed by atoms with van der Waals surface area (Å²) in [6.07, 6.45) is 3.67. The van der Waals surface area contributed by atoms with Gasteiger partial charge in [0.15, 0.2) is 11.6 Å². The molecule has 118 valence electrons. The lowest BCUT2D eigenvalue weighted by molar-refractivity contribution is 0.0115. The van der Waals surface area contributed by atoms with Crippen molar-refractivity contribution in [1.82, 2.24) is 0 Å². The van der Waals surface area contributed by atoms with Crippen LogP contribution in [0.3, 0.4) is 0 Å². The molecule has 0 amide bonds. The number of aliphatic hydroxyl groups is 1. The van der Waals surface area contributed by atoms with E-state index >= 15 is 0 Å². The second-order valence-corrected chi connectivity index (χ2v) is 6.16. The van der Waals surface area contributed by atoms with Gasteiger partial charge >= 0.3 is 0 Å². The minimum Gasteiger partial charge on any atom is -0.382 e. The molecule has 0 unspecified atom stereocenters. The van der Waals surface area contributed by atoms with Crippen LogP contribution in [0.2, 0.25) is 0 Å². The average molecular weight is 308 g/mol. The third-order valence-electron chi connectivity index (χ3n) is 4.56. The molecule has 1 N–H and O–H groups in total. The van der Waals surface area contributed by atoms with Crippen molar-refractivity contribution >= 4 is 11.6 Å². The summed E-state index contributed by atoms with van der Waals surface area (Å²) in [6, 6.07) is 15.7. The van der Waals surface area contributed by atoms with Crippen molar-refractivity contribution in [1.29, 1.82) is 0 Å². The van der Waals surface area contributed by atoms with Gasteiger partial charge in [-0.3, -0.25) is 9.59 Å². The van der Waals surface area contributed by atoms with Gasteiger partial charge in [-0.2, -0.15) is 0 Å². The van der Waals surface area contributed by atoms with Crippen LogP contribution in [0.25, 0.3) is 0 Å². The van der Waals surface area contributed by atoms with Crippen LogP contribution >= 0.6 is 0 Å². The topological polar surface area (TPSA) is 54.4 Å². The largest absolute Gasteiger partial charge is 0.382 e. The quantitative estimate of drug-likeness (QED) is 0.874. The van der Waals surface area contributed by atoms with E-state index in [2.05, 4.69) is 0 Å². The number of carbonyl (C=O) groups excluding carboxylic acids is 2. The van der Waals surface area contributed by atoms with Gasteiger partial charge in [0.2, 0.25) is 0 Å². The summed E-state index contributed by atoms with van der Waals surface area (Å²) in [5.74, 6) is -0.508. The Morgan fingerprint density at radius 1 is 0.783 bits per heavy atom. The Balaban J connectivity index is 1.98. The number of rotatable bonds is 4. The normalized spacial score (nSPS) is 16.7. The molecular weight excluding hydrogens is 288 g/mol. The highest BCUT2D eigenvalue weighted by Gasteiger charge is 2.38. The van der Waals surface area contributed by atoms with Crippen LogP contribution in [-0.2, 0) is 0 Å². The van der Waals surface area contributed by atoms with Gasteiger partial charge in [-0.05, 0) is 12.8 Å². The smallest absolute Gasteiger partial charge is 0.195 e. The summed E-state index contributed by atoms with van der Waals surface area (Å²) in [5, 5.41) is 10.7. The Morgan fingerprint density at radius 3 is 2.00 bits per heavy atom. The first-order valence-corrected chi connectivity index (χ1v) is 8.08. The molecule has 2 aromatic carbocycles. The fraction of sp³-hybridized carbons (Fsp3) is 0.300. The molecule has 3 heteroatoms. The Hall–Kier alpha value is -2.26. The molecule has 0 saturated heterocycles. The first kappa shape index (κ1) is 15.6. The Kier molecular flexibility index (Phi) is 4.39. The second-order valence-electron chi connectivity index (χ2n) is 6.16. The van der Waals surface area contributed by atoms with Crippen molar-refractivity contribution in [2.45, 2.75) is 37.7 Å². The molecule has 0 heterocycles. The summed E-state index contributed by atoms with van der Waals surface area (Å²) >= 11 is 0. The summed E-state index contributed by atoms with van der Waals surface area (Å²) in [5.41, 5.74) is -0.0949. The number of ketones is 2. The van der Waals surface area contributed by atoms with Gasteiger partial charge in [0.1, 0.15) is 5.60 Å². The predicted molar refractivity (Wildman–Crippen MR) is 88.7 cm³/mol. The zero-order valence-electron chi connectivity index (χ0n) is 13.0. The number of hydrogen-bond donors (Lipinski definition) is 1. The molecular formula is C20H20O3. The molecule has 2 aromatic rings. The van der Waals surface area contributed by atoms with Crippen LogP contribution < -0.4 is 0 Å². The predicted octanol–water partition coefficient (Wildman–Crippen LogP) is 3.80. The van der Waals surface area contributed by atoms with Crippen molar-refractivity contribution in [2.75, 3.05) is 0 Å². The van der Waals surface area contributed by atoms with Crippen LogP contribution in [-0.4, -0.2) is 22.3 Å². The number of hydrogen-bond acceptors (Lipinski definition) is 3. The number of carbonyl (C=O) groups is 2. The minimum atomic E-state index is -1.33. The molecule has 3 rings (SSSR count). The Morgan fingerprint density at radius 2 is 1.35 bits per heavy atom. The van der Waals surface area contributed by atoms with E-state index in [9.17, 15) is 14.7 Å². The van der Waals surface area contributed by atoms with Crippen LogP contribution in [0.1, 0.15) is 58.4 Å². The van der Waals surface area contributed by atoms with Gasteiger partial charge in [-0.25, -0.2) is 0 Å². The van der Waals surface area contributed by atoms with Gasteiger partial charge < -0.3 is 5.11 Å². The highest BCUT2D eigenvalue weighted by molar-refractivity contribution is 6.17. The fourth-order valence-electron chi connectivity index (χ4n) is 3.24. The molecule has 0 aromatic heterocycles. The van der Waals surface area contributed by atoms with Crippen LogP contribution in [0.5, 0.6) is 0 Å². The maximum absolute atomic E-state index is 12.9. The van der Waals surface area contributed by atoms with Crippen molar-refractivity contribution in [2.24, 2.45) is 0 Å². The van der Waals surface area contributed by atoms with E-state index < -0.39 is 5.60 Å². The third-order valence-corrected chi connectivity index (χ3v) is 4.56. The van der Waals surface area contributed by atoms with E-state index in [1.165, 1.54) is 0 Å². The molecule has 1 saturated carbocycles. The molecule has 3 nitrogen and oxygen atoms in total. The highest BCUT2D eigenvalue weighted by atomic mass is 16.3. The van der Waals surface area contributed by atoms with Crippen LogP contribution in [0, 0.1) is 0 Å². The lowest BCUT2D eigenvalue weighted by atomic mass is 9.78. The molecule has 23 heavy (non-hydrogen) atoms. The zero-order valence-corrected chi connectivity index (χ0v) is 13.0. The van der Waals surface area contributed by atoms with Crippen LogP contribution in [0.15, 0.2) is 54.6 Å². The van der Waals surface area contributed by atoms with E-state index in [0.717, 1.165) is 19.3 Å². The average Bonchev–Trinajstić information content (AvgIpc) is 2.62. The van der Waals surface area contributed by atoms with Crippen LogP contribution in [0.4, 0.5) is 0 Å². The Labute approximate surface area is 136 Å². The number of Topliss-reactive ketones (excluding diaryl/α,β-unsaturated/α-hetero) is 1. The summed E-state index contributed by atoms with van der Waals surface area (Å²) in [7, 11) is 0. The minimum absolute atomic E-state index is 0.186. The van der Waals surface area contributed by atoms with Gasteiger partial charge in [-0.15, -0.1) is 0 Å². The van der Waals surface area contributed by atoms with E-state index in [4.69, 9.17) is 0 Å². The first-order valence-electron chi connectivity index (χ1n) is 8.08. The maximum atomic E-state index is 12.9. The summed E-state index contributed by atoms with van der Waals surface area (Å²) in [6.45, 7) is 0. The second kappa shape index (κ2) is 6.47. The van der Waals surface area contributed by atoms with Gasteiger partial charge in [0, 0.05) is 16.7 Å². The monoisotopic (exact) mass is 308 g/mol. The van der Waals surface area contributed by atoms with Crippen molar-refractivity contribution in [3.8, 4) is 0 Å². The molecule has 0 radical (unpaired) electrons. The lowest BCUT2D eigenvalue weighted by Gasteiger charge is -2.31. The van der Waals surface area contributed by atoms with Gasteiger partial charge in [0.25, 0.3) is 0 Å². The zero-order chi connectivity index (χ0) is 16.3. The van der Waals surface area contributed by atoms with Gasteiger partial charge in [-0.1, -0.05) is 73.9 Å². The van der Waals surface area contributed by atoms with Crippen molar-refractivity contribution < 1.29 is 14.7 Å².